The van der Waals surface area contributed by atoms with Crippen LogP contribution in [-0.4, -0.2) is 69.1 Å². The van der Waals surface area contributed by atoms with Gasteiger partial charge in [0.05, 0.1) is 12.1 Å². The third-order valence-electron chi connectivity index (χ3n) is 7.22. The monoisotopic (exact) mass is 505 g/mol. The van der Waals surface area contributed by atoms with Crippen molar-refractivity contribution in [3.8, 4) is 11.3 Å². The predicted molar refractivity (Wildman–Crippen MR) is 131 cm³/mol. The summed E-state index contributed by atoms with van der Waals surface area (Å²) in [5.74, 6) is -0.326. The van der Waals surface area contributed by atoms with Crippen molar-refractivity contribution in [1.29, 1.82) is 0 Å². The number of hydrogen-bond donors (Lipinski definition) is 3. The number of carbonyl (C=O) groups excluding carboxylic acids is 4. The molecule has 0 spiro atoms. The lowest BCUT2D eigenvalue weighted by Crippen LogP contribution is -2.52. The molecule has 11 heteroatoms. The number of fused-ring (bicyclic) bond motifs is 2. The van der Waals surface area contributed by atoms with Crippen molar-refractivity contribution < 1.29 is 29.1 Å². The van der Waals surface area contributed by atoms with Crippen LogP contribution in [0.25, 0.3) is 11.3 Å². The second kappa shape index (κ2) is 10.1. The highest BCUT2D eigenvalue weighted by atomic mass is 16.3. The summed E-state index contributed by atoms with van der Waals surface area (Å²) in [6.07, 6.45) is 3.31. The standard InChI is InChI=1S/C25H25N5O4.CH2O2/c31-21-6-5-20(24(33)28-21)30-13-15-9-14(3-4-17(15)25(30)34)19-10-16(12-29-7-1-2-8-29)18-11-22(32)27-23(18)26-19;2-1-3/h3-4,9-10,20H,1-2,5-8,11-13H2,(H,26,27,32)(H,28,31,33);1H,(H,2,3). The molecule has 0 aliphatic carbocycles. The van der Waals surface area contributed by atoms with Crippen LogP contribution in [0.2, 0.25) is 0 Å². The summed E-state index contributed by atoms with van der Waals surface area (Å²) in [6.45, 7) is 2.98. The molecule has 1 atom stereocenters. The smallest absolute Gasteiger partial charge is 0.290 e. The lowest BCUT2D eigenvalue weighted by atomic mass is 10.00. The van der Waals surface area contributed by atoms with Gasteiger partial charge in [-0.3, -0.25) is 34.2 Å². The van der Waals surface area contributed by atoms with E-state index >= 15 is 0 Å². The predicted octanol–water partition coefficient (Wildman–Crippen LogP) is 1.30. The van der Waals surface area contributed by atoms with Crippen LogP contribution in [0.5, 0.6) is 0 Å². The highest BCUT2D eigenvalue weighted by molar-refractivity contribution is 6.05. The molecule has 37 heavy (non-hydrogen) atoms. The number of nitrogens with one attached hydrogen (secondary N) is 2. The summed E-state index contributed by atoms with van der Waals surface area (Å²) in [5.41, 5.74) is 5.11. The number of nitrogens with zero attached hydrogens (tertiary/aromatic N) is 3. The summed E-state index contributed by atoms with van der Waals surface area (Å²) in [5, 5.41) is 12.1. The first-order chi connectivity index (χ1) is 17.9. The molecule has 0 bridgehead atoms. The molecule has 1 aromatic carbocycles. The Kier molecular flexibility index (Phi) is 6.70. The van der Waals surface area contributed by atoms with Gasteiger partial charge in [0, 0.05) is 36.2 Å². The largest absolute Gasteiger partial charge is 0.483 e. The third kappa shape index (κ3) is 4.82. The van der Waals surface area contributed by atoms with Gasteiger partial charge < -0.3 is 15.3 Å². The first kappa shape index (κ1) is 24.6. The Morgan fingerprint density at radius 1 is 1.05 bits per heavy atom. The normalized spacial score (nSPS) is 20.6. The van der Waals surface area contributed by atoms with Crippen LogP contribution in [0.3, 0.4) is 0 Å². The van der Waals surface area contributed by atoms with Gasteiger partial charge >= 0.3 is 0 Å². The number of amides is 4. The molecular weight excluding hydrogens is 478 g/mol. The topological polar surface area (TPSA) is 149 Å². The fraction of sp³-hybridized carbons (Fsp3) is 0.385. The van der Waals surface area contributed by atoms with Crippen molar-refractivity contribution in [2.24, 2.45) is 0 Å². The zero-order valence-electron chi connectivity index (χ0n) is 20.2. The van der Waals surface area contributed by atoms with Crippen molar-refractivity contribution in [2.75, 3.05) is 18.4 Å². The van der Waals surface area contributed by atoms with Gasteiger partial charge in [0.2, 0.25) is 17.7 Å². The van der Waals surface area contributed by atoms with Gasteiger partial charge in [-0.2, -0.15) is 0 Å². The second-order valence-corrected chi connectivity index (χ2v) is 9.58. The molecule has 6 rings (SSSR count). The second-order valence-electron chi connectivity index (χ2n) is 9.58. The van der Waals surface area contributed by atoms with Crippen molar-refractivity contribution in [3.05, 3.63) is 46.5 Å². The minimum atomic E-state index is -0.638. The molecule has 2 fully saturated rings. The lowest BCUT2D eigenvalue weighted by molar-refractivity contribution is -0.137. The van der Waals surface area contributed by atoms with Gasteiger partial charge in [0.25, 0.3) is 12.4 Å². The average molecular weight is 506 g/mol. The summed E-state index contributed by atoms with van der Waals surface area (Å²) < 4.78 is 0. The first-order valence-corrected chi connectivity index (χ1v) is 12.3. The third-order valence-corrected chi connectivity index (χ3v) is 7.22. The van der Waals surface area contributed by atoms with Crippen LogP contribution in [0.1, 0.15) is 52.7 Å². The Bertz CT molecular complexity index is 1300. The first-order valence-electron chi connectivity index (χ1n) is 12.3. The van der Waals surface area contributed by atoms with E-state index in [4.69, 9.17) is 14.9 Å². The van der Waals surface area contributed by atoms with Crippen LogP contribution in [0.15, 0.2) is 24.3 Å². The van der Waals surface area contributed by atoms with Crippen LogP contribution in [0.4, 0.5) is 5.82 Å². The zero-order chi connectivity index (χ0) is 26.1. The number of aromatic nitrogens is 1. The number of carboxylic acid groups (broad SMARTS) is 1. The zero-order valence-corrected chi connectivity index (χ0v) is 20.2. The molecule has 1 aromatic heterocycles. The SMILES string of the molecule is O=C1CCC(N2Cc3cc(-c4cc(CN5CCCC5)c5c(n4)NC(=O)C5)ccc3C2=O)C(=O)N1.O=CO. The van der Waals surface area contributed by atoms with Crippen molar-refractivity contribution >= 4 is 35.9 Å². The molecule has 4 aliphatic rings. The maximum atomic E-state index is 13.0. The van der Waals surface area contributed by atoms with Gasteiger partial charge in [-0.25, -0.2) is 4.98 Å². The number of carbonyl (C=O) groups is 5. The Hall–Kier alpha value is -4.12. The number of piperidine rings is 1. The molecular formula is C26H27N5O6. The summed E-state index contributed by atoms with van der Waals surface area (Å²) in [6, 6.07) is 7.03. The van der Waals surface area contributed by atoms with E-state index in [1.165, 1.54) is 12.8 Å². The Labute approximate surface area is 212 Å². The van der Waals surface area contributed by atoms with Crippen LogP contribution < -0.4 is 10.6 Å². The number of anilines is 1. The number of pyridine rings is 1. The molecule has 4 amide bonds. The fourth-order valence-electron chi connectivity index (χ4n) is 5.47. The molecule has 0 radical (unpaired) electrons. The van der Waals surface area contributed by atoms with Gasteiger partial charge in [-0.1, -0.05) is 6.07 Å². The highest BCUT2D eigenvalue weighted by Crippen LogP contribution is 2.34. The molecule has 4 aliphatic heterocycles. The van der Waals surface area contributed by atoms with Crippen LogP contribution in [-0.2, 0) is 38.7 Å². The molecule has 2 saturated heterocycles. The van der Waals surface area contributed by atoms with E-state index < -0.39 is 11.9 Å². The highest BCUT2D eigenvalue weighted by Gasteiger charge is 2.39. The molecule has 1 unspecified atom stereocenters. The molecule has 5 heterocycles. The number of imide groups is 1. The van der Waals surface area contributed by atoms with Crippen molar-refractivity contribution in [1.82, 2.24) is 20.1 Å². The maximum absolute atomic E-state index is 13.0. The summed E-state index contributed by atoms with van der Waals surface area (Å²) in [4.78, 5) is 66.0. The number of benzene rings is 1. The molecule has 11 nitrogen and oxygen atoms in total. The Morgan fingerprint density at radius 3 is 2.54 bits per heavy atom. The van der Waals surface area contributed by atoms with E-state index in [0.717, 1.165) is 47.6 Å². The Morgan fingerprint density at radius 2 is 1.81 bits per heavy atom. The number of likely N-dealkylation sites (tertiary alicyclic amines) is 1. The minimum Gasteiger partial charge on any atom is -0.483 e. The van der Waals surface area contributed by atoms with E-state index in [-0.39, 0.29) is 30.6 Å². The lowest BCUT2D eigenvalue weighted by Gasteiger charge is -2.29. The van der Waals surface area contributed by atoms with Gasteiger partial charge in [0.15, 0.2) is 0 Å². The van der Waals surface area contributed by atoms with E-state index in [2.05, 4.69) is 21.6 Å². The number of hydrogen-bond acceptors (Lipinski definition) is 7. The number of rotatable bonds is 4. The van der Waals surface area contributed by atoms with Crippen LogP contribution >= 0.6 is 0 Å². The summed E-state index contributed by atoms with van der Waals surface area (Å²) in [7, 11) is 0. The molecule has 192 valence electrons. The van der Waals surface area contributed by atoms with Crippen molar-refractivity contribution in [2.45, 2.75) is 51.2 Å². The summed E-state index contributed by atoms with van der Waals surface area (Å²) >= 11 is 0. The molecule has 2 aromatic rings. The Balaban J connectivity index is 0.000000892. The fourth-order valence-corrected chi connectivity index (χ4v) is 5.47. The van der Waals surface area contributed by atoms with E-state index in [0.29, 0.717) is 30.8 Å². The van der Waals surface area contributed by atoms with E-state index in [9.17, 15) is 19.2 Å². The minimum absolute atomic E-state index is 0.0400. The molecule has 0 saturated carbocycles. The van der Waals surface area contributed by atoms with E-state index in [1.807, 2.05) is 12.1 Å². The van der Waals surface area contributed by atoms with Crippen LogP contribution in [0, 0.1) is 0 Å². The average Bonchev–Trinajstić information content (AvgIpc) is 3.58. The van der Waals surface area contributed by atoms with Gasteiger partial charge in [0.1, 0.15) is 11.9 Å². The maximum Gasteiger partial charge on any atom is 0.290 e. The van der Waals surface area contributed by atoms with Gasteiger partial charge in [-0.15, -0.1) is 0 Å². The quantitative estimate of drug-likeness (QED) is 0.416. The van der Waals surface area contributed by atoms with E-state index in [1.54, 1.807) is 11.0 Å². The van der Waals surface area contributed by atoms with Gasteiger partial charge in [-0.05, 0) is 61.7 Å². The molecule has 3 N–H and O–H groups in total. The van der Waals surface area contributed by atoms with Crippen molar-refractivity contribution in [3.63, 3.8) is 0 Å².